The molecule has 96 valence electrons. The van der Waals surface area contributed by atoms with Crippen molar-refractivity contribution in [2.75, 3.05) is 19.6 Å². The zero-order valence-corrected chi connectivity index (χ0v) is 10.2. The Hall–Kier alpha value is -1.88. The highest BCUT2D eigenvalue weighted by Gasteiger charge is 2.24. The number of carbonyl (C=O) groups is 2. The van der Waals surface area contributed by atoms with E-state index in [0.29, 0.717) is 12.1 Å². The van der Waals surface area contributed by atoms with E-state index in [-0.39, 0.29) is 17.5 Å². The molecule has 2 N–H and O–H groups in total. The number of hydrogen-bond donors (Lipinski definition) is 2. The number of aromatic carboxylic acids is 1. The Morgan fingerprint density at radius 2 is 2.11 bits per heavy atom. The molecular formula is C13H16N2O3. The second-order valence-electron chi connectivity index (χ2n) is 4.44. The standard InChI is InChI=1S/C13H16N2O3/c1-9-8-14-5-6-15(9)12(16)10-3-2-4-11(7-10)13(17)18/h2-4,7,9,14H,5-6,8H2,1H3,(H,17,18)/t9-/m1/s1. The molecule has 5 nitrogen and oxygen atoms in total. The Bertz CT molecular complexity index is 473. The Balaban J connectivity index is 2.22. The van der Waals surface area contributed by atoms with Crippen molar-refractivity contribution in [3.63, 3.8) is 0 Å². The van der Waals surface area contributed by atoms with Crippen LogP contribution in [0.2, 0.25) is 0 Å². The minimum absolute atomic E-state index is 0.105. The Kier molecular flexibility index (Phi) is 3.62. The summed E-state index contributed by atoms with van der Waals surface area (Å²) in [4.78, 5) is 24.9. The van der Waals surface area contributed by atoms with E-state index >= 15 is 0 Å². The molecule has 2 rings (SSSR count). The van der Waals surface area contributed by atoms with Crippen molar-refractivity contribution in [2.24, 2.45) is 0 Å². The average molecular weight is 248 g/mol. The molecule has 1 aromatic rings. The van der Waals surface area contributed by atoms with Gasteiger partial charge in [0.15, 0.2) is 0 Å². The van der Waals surface area contributed by atoms with E-state index in [4.69, 9.17) is 5.11 Å². The van der Waals surface area contributed by atoms with Gasteiger partial charge in [-0.25, -0.2) is 4.79 Å². The molecule has 1 saturated heterocycles. The number of nitrogens with one attached hydrogen (secondary N) is 1. The van der Waals surface area contributed by atoms with Gasteiger partial charge in [-0.15, -0.1) is 0 Å². The summed E-state index contributed by atoms with van der Waals surface area (Å²) in [5.41, 5.74) is 0.576. The van der Waals surface area contributed by atoms with E-state index in [1.165, 1.54) is 12.1 Å². The van der Waals surface area contributed by atoms with Crippen LogP contribution >= 0.6 is 0 Å². The summed E-state index contributed by atoms with van der Waals surface area (Å²) in [7, 11) is 0. The van der Waals surface area contributed by atoms with Crippen molar-refractivity contribution >= 4 is 11.9 Å². The molecule has 0 unspecified atom stereocenters. The molecule has 5 heteroatoms. The maximum atomic E-state index is 12.3. The molecule has 0 bridgehead atoms. The van der Waals surface area contributed by atoms with Crippen LogP contribution in [0.5, 0.6) is 0 Å². The first-order valence-electron chi connectivity index (χ1n) is 5.94. The van der Waals surface area contributed by atoms with Gasteiger partial charge in [0.2, 0.25) is 0 Å². The lowest BCUT2D eigenvalue weighted by molar-refractivity contribution is 0.0656. The second-order valence-corrected chi connectivity index (χ2v) is 4.44. The molecule has 1 aromatic carbocycles. The molecule has 0 aromatic heterocycles. The molecule has 1 amide bonds. The monoisotopic (exact) mass is 248 g/mol. The minimum Gasteiger partial charge on any atom is -0.478 e. The lowest BCUT2D eigenvalue weighted by atomic mass is 10.1. The lowest BCUT2D eigenvalue weighted by Crippen LogP contribution is -2.52. The molecule has 1 heterocycles. The van der Waals surface area contributed by atoms with Crippen molar-refractivity contribution in [3.05, 3.63) is 35.4 Å². The van der Waals surface area contributed by atoms with Gasteiger partial charge in [-0.3, -0.25) is 4.79 Å². The van der Waals surface area contributed by atoms with Crippen LogP contribution in [0.4, 0.5) is 0 Å². The van der Waals surface area contributed by atoms with Crippen LogP contribution in [-0.2, 0) is 0 Å². The predicted molar refractivity (Wildman–Crippen MR) is 66.8 cm³/mol. The summed E-state index contributed by atoms with van der Waals surface area (Å²) in [6.07, 6.45) is 0. The van der Waals surface area contributed by atoms with Crippen LogP contribution in [0.3, 0.4) is 0 Å². The van der Waals surface area contributed by atoms with E-state index < -0.39 is 5.97 Å². The molecule has 0 saturated carbocycles. The van der Waals surface area contributed by atoms with Crippen molar-refractivity contribution in [2.45, 2.75) is 13.0 Å². The smallest absolute Gasteiger partial charge is 0.335 e. The summed E-state index contributed by atoms with van der Waals surface area (Å²) in [5, 5.41) is 12.1. The van der Waals surface area contributed by atoms with Gasteiger partial charge in [-0.1, -0.05) is 6.07 Å². The number of piperazine rings is 1. The number of carboxylic acids is 1. The quantitative estimate of drug-likeness (QED) is 0.813. The Labute approximate surface area is 105 Å². The molecule has 1 fully saturated rings. The number of benzene rings is 1. The predicted octanol–water partition coefficient (Wildman–Crippen LogP) is 0.819. The molecule has 0 spiro atoms. The Morgan fingerprint density at radius 3 is 2.78 bits per heavy atom. The molecule has 1 aliphatic heterocycles. The third-order valence-electron chi connectivity index (χ3n) is 3.12. The number of rotatable bonds is 2. The molecule has 0 radical (unpaired) electrons. The number of amides is 1. The number of carbonyl (C=O) groups excluding carboxylic acids is 1. The second kappa shape index (κ2) is 5.18. The van der Waals surface area contributed by atoms with Gasteiger partial charge in [-0.05, 0) is 25.1 Å². The highest BCUT2D eigenvalue weighted by atomic mass is 16.4. The first-order chi connectivity index (χ1) is 8.59. The maximum Gasteiger partial charge on any atom is 0.335 e. The number of carboxylic acid groups (broad SMARTS) is 1. The van der Waals surface area contributed by atoms with E-state index in [9.17, 15) is 9.59 Å². The van der Waals surface area contributed by atoms with E-state index in [0.717, 1.165) is 13.1 Å². The number of nitrogens with zero attached hydrogens (tertiary/aromatic N) is 1. The van der Waals surface area contributed by atoms with Crippen molar-refractivity contribution < 1.29 is 14.7 Å². The molecular weight excluding hydrogens is 232 g/mol. The van der Waals surface area contributed by atoms with Gasteiger partial charge in [0.25, 0.3) is 5.91 Å². The highest BCUT2D eigenvalue weighted by molar-refractivity contribution is 5.97. The van der Waals surface area contributed by atoms with E-state index in [1.54, 1.807) is 17.0 Å². The SMILES string of the molecule is C[C@@H]1CNCCN1C(=O)c1cccc(C(=O)O)c1. The Morgan fingerprint density at radius 1 is 1.39 bits per heavy atom. The zero-order valence-electron chi connectivity index (χ0n) is 10.2. The number of hydrogen-bond acceptors (Lipinski definition) is 3. The summed E-state index contributed by atoms with van der Waals surface area (Å²) >= 11 is 0. The van der Waals surface area contributed by atoms with Crippen LogP contribution < -0.4 is 5.32 Å². The van der Waals surface area contributed by atoms with Crippen LogP contribution in [0.15, 0.2) is 24.3 Å². The first kappa shape index (κ1) is 12.6. The van der Waals surface area contributed by atoms with E-state index in [2.05, 4.69) is 5.32 Å². The molecule has 18 heavy (non-hydrogen) atoms. The summed E-state index contributed by atoms with van der Waals surface area (Å²) < 4.78 is 0. The fraction of sp³-hybridized carbons (Fsp3) is 0.385. The average Bonchev–Trinajstić information content (AvgIpc) is 2.38. The zero-order chi connectivity index (χ0) is 13.1. The van der Waals surface area contributed by atoms with Crippen LogP contribution in [0.25, 0.3) is 0 Å². The van der Waals surface area contributed by atoms with E-state index in [1.807, 2.05) is 6.92 Å². The van der Waals surface area contributed by atoms with Crippen LogP contribution in [-0.4, -0.2) is 47.6 Å². The van der Waals surface area contributed by atoms with Gasteiger partial charge < -0.3 is 15.3 Å². The fourth-order valence-corrected chi connectivity index (χ4v) is 2.09. The lowest BCUT2D eigenvalue weighted by Gasteiger charge is -2.34. The summed E-state index contributed by atoms with van der Waals surface area (Å²) in [6, 6.07) is 6.30. The van der Waals surface area contributed by atoms with Crippen LogP contribution in [0, 0.1) is 0 Å². The normalized spacial score (nSPS) is 19.6. The molecule has 1 atom stereocenters. The van der Waals surface area contributed by atoms with Gasteiger partial charge in [0.05, 0.1) is 5.56 Å². The van der Waals surface area contributed by atoms with Crippen molar-refractivity contribution in [3.8, 4) is 0 Å². The topological polar surface area (TPSA) is 69.6 Å². The van der Waals surface area contributed by atoms with Gasteiger partial charge >= 0.3 is 5.97 Å². The molecule has 1 aliphatic rings. The van der Waals surface area contributed by atoms with Gasteiger partial charge in [0.1, 0.15) is 0 Å². The van der Waals surface area contributed by atoms with Gasteiger partial charge in [-0.2, -0.15) is 0 Å². The summed E-state index contributed by atoms with van der Waals surface area (Å²) in [5.74, 6) is -1.12. The minimum atomic E-state index is -1.02. The first-order valence-corrected chi connectivity index (χ1v) is 5.94. The van der Waals surface area contributed by atoms with Gasteiger partial charge in [0, 0.05) is 31.2 Å². The maximum absolute atomic E-state index is 12.3. The largest absolute Gasteiger partial charge is 0.478 e. The fourth-order valence-electron chi connectivity index (χ4n) is 2.09. The van der Waals surface area contributed by atoms with Crippen molar-refractivity contribution in [1.82, 2.24) is 10.2 Å². The third-order valence-corrected chi connectivity index (χ3v) is 3.12. The van der Waals surface area contributed by atoms with Crippen LogP contribution in [0.1, 0.15) is 27.6 Å². The highest BCUT2D eigenvalue weighted by Crippen LogP contribution is 2.12. The molecule has 0 aliphatic carbocycles. The third kappa shape index (κ3) is 2.51. The summed E-state index contributed by atoms with van der Waals surface area (Å²) in [6.45, 7) is 4.17. The van der Waals surface area contributed by atoms with Crippen molar-refractivity contribution in [1.29, 1.82) is 0 Å².